The highest BCUT2D eigenvalue weighted by Gasteiger charge is 2.25. The summed E-state index contributed by atoms with van der Waals surface area (Å²) in [6, 6.07) is 2.78. The Morgan fingerprint density at radius 3 is 3.07 bits per heavy atom. The summed E-state index contributed by atoms with van der Waals surface area (Å²) in [6.45, 7) is 0. The van der Waals surface area contributed by atoms with Gasteiger partial charge in [0.1, 0.15) is 0 Å². The number of hydrogen-bond donors (Lipinski definition) is 1. The molecular formula is C11H16BrNS2. The van der Waals surface area contributed by atoms with Crippen LogP contribution in [-0.2, 0) is 6.42 Å². The van der Waals surface area contributed by atoms with Gasteiger partial charge in [-0.25, -0.2) is 0 Å². The molecule has 0 bridgehead atoms. The molecule has 0 aromatic carbocycles. The number of likely N-dealkylation sites (N-methyl/N-ethyl adjacent to an activating group) is 1. The first-order valence-corrected chi connectivity index (χ1v) is 8.04. The number of thiophene rings is 1. The molecule has 0 radical (unpaired) electrons. The van der Waals surface area contributed by atoms with E-state index < -0.39 is 0 Å². The molecule has 0 amide bonds. The molecule has 1 aromatic rings. The third-order valence-corrected chi connectivity index (χ3v) is 6.35. The highest BCUT2D eigenvalue weighted by molar-refractivity contribution is 9.10. The Balaban J connectivity index is 1.98. The third-order valence-electron chi connectivity index (χ3n) is 2.88. The molecule has 1 aromatic heterocycles. The smallest absolute Gasteiger partial charge is 0.0314 e. The van der Waals surface area contributed by atoms with Gasteiger partial charge in [-0.2, -0.15) is 11.8 Å². The summed E-state index contributed by atoms with van der Waals surface area (Å²) in [7, 11) is 2.09. The van der Waals surface area contributed by atoms with Gasteiger partial charge in [-0.15, -0.1) is 11.3 Å². The second-order valence-corrected chi connectivity index (χ2v) is 7.04. The molecule has 4 heteroatoms. The maximum atomic E-state index is 3.61. The van der Waals surface area contributed by atoms with Crippen molar-refractivity contribution >= 4 is 39.0 Å². The van der Waals surface area contributed by atoms with Crippen LogP contribution in [0.4, 0.5) is 0 Å². The Hall–Kier alpha value is 0.490. The number of hydrogen-bond acceptors (Lipinski definition) is 3. The summed E-state index contributed by atoms with van der Waals surface area (Å²) in [4.78, 5) is 1.47. The van der Waals surface area contributed by atoms with Crippen LogP contribution in [-0.4, -0.2) is 24.1 Å². The van der Waals surface area contributed by atoms with Crippen LogP contribution in [0.3, 0.4) is 0 Å². The summed E-state index contributed by atoms with van der Waals surface area (Å²) in [6.07, 6.45) is 3.92. The van der Waals surface area contributed by atoms with Gasteiger partial charge in [0.25, 0.3) is 0 Å². The molecule has 1 saturated heterocycles. The van der Waals surface area contributed by atoms with E-state index in [4.69, 9.17) is 0 Å². The zero-order valence-electron chi connectivity index (χ0n) is 8.83. The number of thioether (sulfide) groups is 1. The van der Waals surface area contributed by atoms with Gasteiger partial charge in [-0.05, 0) is 59.4 Å². The van der Waals surface area contributed by atoms with E-state index in [1.165, 1.54) is 27.9 Å². The van der Waals surface area contributed by atoms with Crippen molar-refractivity contribution in [1.82, 2.24) is 5.32 Å². The van der Waals surface area contributed by atoms with Crippen LogP contribution >= 0.6 is 39.0 Å². The van der Waals surface area contributed by atoms with Gasteiger partial charge in [-0.3, -0.25) is 0 Å². The minimum absolute atomic E-state index is 0.632. The standard InChI is InChI=1S/C11H16BrNS2/c1-13-9(10-3-2-5-14-10)7-11-8(12)4-6-15-11/h4,6,9-10,13H,2-3,5,7H2,1H3. The highest BCUT2D eigenvalue weighted by atomic mass is 79.9. The average molecular weight is 306 g/mol. The molecule has 1 nitrogen and oxygen atoms in total. The summed E-state index contributed by atoms with van der Waals surface area (Å²) < 4.78 is 1.27. The molecule has 2 atom stereocenters. The fraction of sp³-hybridized carbons (Fsp3) is 0.636. The monoisotopic (exact) mass is 305 g/mol. The SMILES string of the molecule is CNC(Cc1sccc1Br)C1CCCS1. The minimum atomic E-state index is 0.632. The first-order valence-electron chi connectivity index (χ1n) is 5.32. The van der Waals surface area contributed by atoms with Gasteiger partial charge in [0.05, 0.1) is 0 Å². The molecule has 1 N–H and O–H groups in total. The molecule has 1 aliphatic heterocycles. The Labute approximate surface area is 108 Å². The van der Waals surface area contributed by atoms with E-state index in [0.717, 1.165) is 11.7 Å². The van der Waals surface area contributed by atoms with E-state index in [-0.39, 0.29) is 0 Å². The lowest BCUT2D eigenvalue weighted by Gasteiger charge is -2.21. The lowest BCUT2D eigenvalue weighted by atomic mass is 10.1. The Bertz CT molecular complexity index is 307. The van der Waals surface area contributed by atoms with Crippen molar-refractivity contribution in [3.05, 3.63) is 20.8 Å². The molecule has 0 spiro atoms. The first-order chi connectivity index (χ1) is 7.31. The van der Waals surface area contributed by atoms with Gasteiger partial charge in [0.2, 0.25) is 0 Å². The van der Waals surface area contributed by atoms with Gasteiger partial charge in [-0.1, -0.05) is 0 Å². The first kappa shape index (κ1) is 12.0. The highest BCUT2D eigenvalue weighted by Crippen LogP contribution is 2.32. The second kappa shape index (κ2) is 5.71. The van der Waals surface area contributed by atoms with Crippen molar-refractivity contribution in [1.29, 1.82) is 0 Å². The molecule has 0 saturated carbocycles. The van der Waals surface area contributed by atoms with E-state index in [0.29, 0.717) is 6.04 Å². The van der Waals surface area contributed by atoms with Crippen LogP contribution in [0.1, 0.15) is 17.7 Å². The zero-order valence-corrected chi connectivity index (χ0v) is 12.1. The van der Waals surface area contributed by atoms with Crippen LogP contribution < -0.4 is 5.32 Å². The van der Waals surface area contributed by atoms with Gasteiger partial charge >= 0.3 is 0 Å². The van der Waals surface area contributed by atoms with Crippen molar-refractivity contribution in [2.75, 3.05) is 12.8 Å². The lowest BCUT2D eigenvalue weighted by molar-refractivity contribution is 0.526. The molecule has 2 heterocycles. The molecule has 0 aliphatic carbocycles. The maximum absolute atomic E-state index is 3.61. The Morgan fingerprint density at radius 1 is 1.67 bits per heavy atom. The van der Waals surface area contributed by atoms with Crippen molar-refractivity contribution in [3.8, 4) is 0 Å². The third kappa shape index (κ3) is 2.99. The molecule has 2 unspecified atom stereocenters. The van der Waals surface area contributed by atoms with E-state index in [2.05, 4.69) is 51.5 Å². The van der Waals surface area contributed by atoms with Crippen molar-refractivity contribution in [2.45, 2.75) is 30.6 Å². The number of rotatable bonds is 4. The van der Waals surface area contributed by atoms with Gasteiger partial charge < -0.3 is 5.32 Å². The molecule has 1 aliphatic rings. The number of halogens is 1. The maximum Gasteiger partial charge on any atom is 0.0314 e. The van der Waals surface area contributed by atoms with Gasteiger partial charge in [0.15, 0.2) is 0 Å². The summed E-state index contributed by atoms with van der Waals surface area (Å²) >= 11 is 7.59. The largest absolute Gasteiger partial charge is 0.316 e. The summed E-state index contributed by atoms with van der Waals surface area (Å²) in [5.41, 5.74) is 0. The molecule has 2 rings (SSSR count). The zero-order chi connectivity index (χ0) is 10.7. The Kier molecular flexibility index (Phi) is 4.55. The quantitative estimate of drug-likeness (QED) is 0.913. The van der Waals surface area contributed by atoms with Crippen molar-refractivity contribution < 1.29 is 0 Å². The molecule has 1 fully saturated rings. The van der Waals surface area contributed by atoms with Crippen LogP contribution in [0.25, 0.3) is 0 Å². The van der Waals surface area contributed by atoms with E-state index in [1.54, 1.807) is 0 Å². The second-order valence-electron chi connectivity index (χ2n) is 3.84. The normalized spacial score (nSPS) is 23.2. The topological polar surface area (TPSA) is 12.0 Å². The van der Waals surface area contributed by atoms with Gasteiger partial charge in [0, 0.05) is 20.6 Å². The lowest BCUT2D eigenvalue weighted by Crippen LogP contribution is -2.36. The number of nitrogens with one attached hydrogen (secondary N) is 1. The van der Waals surface area contributed by atoms with Crippen LogP contribution in [0.2, 0.25) is 0 Å². The predicted molar refractivity (Wildman–Crippen MR) is 74.1 cm³/mol. The molecular weight excluding hydrogens is 290 g/mol. The van der Waals surface area contributed by atoms with E-state index in [9.17, 15) is 0 Å². The predicted octanol–water partition coefficient (Wildman–Crippen LogP) is 3.54. The summed E-state index contributed by atoms with van der Waals surface area (Å²) in [5.74, 6) is 1.34. The van der Waals surface area contributed by atoms with Crippen LogP contribution in [0.5, 0.6) is 0 Å². The van der Waals surface area contributed by atoms with Crippen molar-refractivity contribution in [2.24, 2.45) is 0 Å². The van der Waals surface area contributed by atoms with E-state index >= 15 is 0 Å². The Morgan fingerprint density at radius 2 is 2.53 bits per heavy atom. The summed E-state index contributed by atoms with van der Waals surface area (Å²) in [5, 5.41) is 6.44. The fourth-order valence-electron chi connectivity index (χ4n) is 2.01. The fourth-order valence-corrected chi connectivity index (χ4v) is 5.02. The molecule has 84 valence electrons. The average Bonchev–Trinajstić information content (AvgIpc) is 2.86. The van der Waals surface area contributed by atoms with E-state index in [1.807, 2.05) is 11.3 Å². The van der Waals surface area contributed by atoms with Crippen molar-refractivity contribution in [3.63, 3.8) is 0 Å². The minimum Gasteiger partial charge on any atom is -0.316 e. The van der Waals surface area contributed by atoms with Crippen LogP contribution in [0.15, 0.2) is 15.9 Å². The van der Waals surface area contributed by atoms with Crippen LogP contribution in [0, 0.1) is 0 Å². The molecule has 15 heavy (non-hydrogen) atoms.